The van der Waals surface area contributed by atoms with Crippen LogP contribution >= 0.6 is 0 Å². The quantitative estimate of drug-likeness (QED) is 0.482. The van der Waals surface area contributed by atoms with Crippen LogP contribution in [-0.2, 0) is 0 Å². The van der Waals surface area contributed by atoms with Crippen LogP contribution in [0.15, 0.2) is 0 Å². The van der Waals surface area contributed by atoms with E-state index >= 15 is 0 Å². The fraction of sp³-hybridized carbons (Fsp3) is 1.00. The third-order valence-corrected chi connectivity index (χ3v) is 11.0. The summed E-state index contributed by atoms with van der Waals surface area (Å²) in [6.45, 7) is 12.0. The molecule has 0 unspecified atom stereocenters. The van der Waals surface area contributed by atoms with E-state index in [2.05, 4.69) is 34.6 Å². The Bertz CT molecular complexity index is 540. The molecule has 10 atom stereocenters. The lowest BCUT2D eigenvalue weighted by Crippen LogP contribution is -2.49. The van der Waals surface area contributed by atoms with Crippen molar-refractivity contribution < 1.29 is 5.11 Å². The molecule has 4 aliphatic carbocycles. The summed E-state index contributed by atoms with van der Waals surface area (Å²) in [6, 6.07) is 0. The van der Waals surface area contributed by atoms with Crippen molar-refractivity contribution in [2.24, 2.45) is 58.7 Å². The van der Waals surface area contributed by atoms with Gasteiger partial charge in [-0.05, 0) is 123 Å². The lowest BCUT2D eigenvalue weighted by Gasteiger charge is -2.57. The standard InChI is InChI=1S/C28H50O/c1-6-20-8-10-22-21(17-20)9-11-24-23(22)15-16-28(5)25(12-13-26(24)28)19(4)27(29)14-7-18(2)3/h18-27,29H,6-17H2,1-5H3/t19-,20-,21+,22-,23+,24+,25+,26-,27-,28+/m0/s1. The molecule has 4 aliphatic rings. The maximum absolute atomic E-state index is 11.0. The van der Waals surface area contributed by atoms with Crippen LogP contribution in [0.3, 0.4) is 0 Å². The second kappa shape index (κ2) is 8.84. The lowest BCUT2D eigenvalue weighted by atomic mass is 9.48. The molecule has 0 aliphatic heterocycles. The first-order valence-electron chi connectivity index (χ1n) is 13.5. The number of fused-ring (bicyclic) bond motifs is 5. The van der Waals surface area contributed by atoms with Crippen LogP contribution in [0, 0.1) is 58.7 Å². The molecule has 1 N–H and O–H groups in total. The van der Waals surface area contributed by atoms with Gasteiger partial charge in [-0.2, -0.15) is 0 Å². The first-order valence-corrected chi connectivity index (χ1v) is 13.5. The molecule has 0 saturated heterocycles. The Balaban J connectivity index is 1.43. The van der Waals surface area contributed by atoms with Crippen molar-refractivity contribution in [3.05, 3.63) is 0 Å². The van der Waals surface area contributed by atoms with Crippen LogP contribution in [-0.4, -0.2) is 11.2 Å². The molecule has 1 nitrogen and oxygen atoms in total. The van der Waals surface area contributed by atoms with E-state index < -0.39 is 0 Å². The molecule has 4 rings (SSSR count). The van der Waals surface area contributed by atoms with Gasteiger partial charge < -0.3 is 5.11 Å². The molecule has 0 spiro atoms. The average Bonchev–Trinajstić information content (AvgIpc) is 3.07. The van der Waals surface area contributed by atoms with Crippen LogP contribution in [0.2, 0.25) is 0 Å². The van der Waals surface area contributed by atoms with Gasteiger partial charge in [0.15, 0.2) is 0 Å². The Labute approximate surface area is 181 Å². The molecule has 168 valence electrons. The second-order valence-corrected chi connectivity index (χ2v) is 12.6. The molecule has 0 bridgehead atoms. The minimum absolute atomic E-state index is 0.0873. The number of rotatable bonds is 6. The van der Waals surface area contributed by atoms with Gasteiger partial charge >= 0.3 is 0 Å². The monoisotopic (exact) mass is 402 g/mol. The summed E-state index contributed by atoms with van der Waals surface area (Å²) >= 11 is 0. The zero-order valence-corrected chi connectivity index (χ0v) is 20.2. The van der Waals surface area contributed by atoms with Crippen LogP contribution in [0.5, 0.6) is 0 Å². The fourth-order valence-corrected chi connectivity index (χ4v) is 9.26. The number of aliphatic hydroxyl groups excluding tert-OH is 1. The molecule has 0 radical (unpaired) electrons. The molecule has 4 fully saturated rings. The Morgan fingerprint density at radius 1 is 0.862 bits per heavy atom. The first kappa shape index (κ1) is 22.2. The maximum Gasteiger partial charge on any atom is 0.0568 e. The average molecular weight is 403 g/mol. The first-order chi connectivity index (χ1) is 13.8. The van der Waals surface area contributed by atoms with Crippen molar-refractivity contribution in [3.8, 4) is 0 Å². The molecular weight excluding hydrogens is 352 g/mol. The molecule has 4 saturated carbocycles. The van der Waals surface area contributed by atoms with Gasteiger partial charge in [0.25, 0.3) is 0 Å². The molecule has 29 heavy (non-hydrogen) atoms. The molecule has 0 aromatic heterocycles. The van der Waals surface area contributed by atoms with Crippen LogP contribution in [0.1, 0.15) is 112 Å². The van der Waals surface area contributed by atoms with Crippen molar-refractivity contribution in [2.75, 3.05) is 0 Å². The Morgan fingerprint density at radius 3 is 2.34 bits per heavy atom. The second-order valence-electron chi connectivity index (χ2n) is 12.6. The minimum Gasteiger partial charge on any atom is -0.393 e. The Hall–Kier alpha value is -0.0400. The van der Waals surface area contributed by atoms with E-state index in [1.54, 1.807) is 12.8 Å². The zero-order valence-electron chi connectivity index (χ0n) is 20.2. The van der Waals surface area contributed by atoms with Gasteiger partial charge in [0.1, 0.15) is 0 Å². The number of aliphatic hydroxyl groups is 1. The molecule has 1 heteroatoms. The predicted octanol–water partition coefficient (Wildman–Crippen LogP) is 7.71. The largest absolute Gasteiger partial charge is 0.393 e. The van der Waals surface area contributed by atoms with Gasteiger partial charge in [-0.3, -0.25) is 0 Å². The van der Waals surface area contributed by atoms with E-state index in [9.17, 15) is 5.11 Å². The highest BCUT2D eigenvalue weighted by Crippen LogP contribution is 2.65. The third kappa shape index (κ3) is 4.08. The molecule has 0 amide bonds. The van der Waals surface area contributed by atoms with Crippen molar-refractivity contribution in [1.29, 1.82) is 0 Å². The van der Waals surface area contributed by atoms with Crippen molar-refractivity contribution in [2.45, 2.75) is 118 Å². The Morgan fingerprint density at radius 2 is 1.62 bits per heavy atom. The molecule has 0 heterocycles. The van der Waals surface area contributed by atoms with E-state index in [4.69, 9.17) is 0 Å². The highest BCUT2D eigenvalue weighted by molar-refractivity contribution is 5.07. The van der Waals surface area contributed by atoms with Crippen LogP contribution < -0.4 is 0 Å². The number of hydrogen-bond acceptors (Lipinski definition) is 1. The summed E-state index contributed by atoms with van der Waals surface area (Å²) in [5.74, 6) is 8.12. The van der Waals surface area contributed by atoms with E-state index in [1.807, 2.05) is 0 Å². The van der Waals surface area contributed by atoms with Crippen molar-refractivity contribution in [1.82, 2.24) is 0 Å². The van der Waals surface area contributed by atoms with Gasteiger partial charge in [-0.15, -0.1) is 0 Å². The predicted molar refractivity (Wildman–Crippen MR) is 124 cm³/mol. The topological polar surface area (TPSA) is 20.2 Å². The van der Waals surface area contributed by atoms with Crippen molar-refractivity contribution >= 4 is 0 Å². The summed E-state index contributed by atoms with van der Waals surface area (Å²) in [4.78, 5) is 0. The summed E-state index contributed by atoms with van der Waals surface area (Å²) in [6.07, 6.45) is 17.0. The summed E-state index contributed by atoms with van der Waals surface area (Å²) in [5.41, 5.74) is 0.507. The minimum atomic E-state index is -0.0873. The van der Waals surface area contributed by atoms with Crippen molar-refractivity contribution in [3.63, 3.8) is 0 Å². The smallest absolute Gasteiger partial charge is 0.0568 e. The molecular formula is C28H50O. The highest BCUT2D eigenvalue weighted by atomic mass is 16.3. The van der Waals surface area contributed by atoms with Gasteiger partial charge in [0, 0.05) is 0 Å². The zero-order chi connectivity index (χ0) is 20.8. The van der Waals surface area contributed by atoms with Gasteiger partial charge in [-0.1, -0.05) is 47.5 Å². The molecule has 0 aromatic rings. The fourth-order valence-electron chi connectivity index (χ4n) is 9.26. The molecule has 0 aromatic carbocycles. The maximum atomic E-state index is 11.0. The van der Waals surface area contributed by atoms with E-state index in [0.29, 0.717) is 17.3 Å². The summed E-state index contributed by atoms with van der Waals surface area (Å²) < 4.78 is 0. The van der Waals surface area contributed by atoms with Crippen LogP contribution in [0.25, 0.3) is 0 Å². The SMILES string of the molecule is CC[C@H]1CC[C@H]2[C@H](CC[C@@H]3[C@@H]2CC[C@]2(C)[C@@H]([C@H](C)[C@@H](O)CCC(C)C)CC[C@@H]32)C1. The Kier molecular flexibility index (Phi) is 6.75. The number of hydrogen-bond donors (Lipinski definition) is 1. The normalized spacial score (nSPS) is 46.7. The van der Waals surface area contributed by atoms with Crippen LogP contribution in [0.4, 0.5) is 0 Å². The highest BCUT2D eigenvalue weighted by Gasteiger charge is 2.58. The van der Waals surface area contributed by atoms with Gasteiger partial charge in [0.2, 0.25) is 0 Å². The van der Waals surface area contributed by atoms with Gasteiger partial charge in [0.05, 0.1) is 6.10 Å². The van der Waals surface area contributed by atoms with E-state index in [-0.39, 0.29) is 6.10 Å². The third-order valence-electron chi connectivity index (χ3n) is 11.0. The van der Waals surface area contributed by atoms with E-state index in [0.717, 1.165) is 47.8 Å². The van der Waals surface area contributed by atoms with Gasteiger partial charge in [-0.25, -0.2) is 0 Å². The summed E-state index contributed by atoms with van der Waals surface area (Å²) in [7, 11) is 0. The lowest BCUT2D eigenvalue weighted by molar-refractivity contribution is -0.0823. The van der Waals surface area contributed by atoms with E-state index in [1.165, 1.54) is 57.8 Å². The summed E-state index contributed by atoms with van der Waals surface area (Å²) in [5, 5.41) is 11.0.